The molecule has 0 amide bonds. The van der Waals surface area contributed by atoms with Gasteiger partial charge in [-0.2, -0.15) is 3.96 Å². The summed E-state index contributed by atoms with van der Waals surface area (Å²) in [6.07, 6.45) is 1.49. The standard InChI is InChI=1S/C14H9NO3S/c16-12-9-11(14(17)10-5-2-1-3-6-10)19-15(12)13-7-4-8-18-13/h1-9H. The van der Waals surface area contributed by atoms with Gasteiger partial charge in [-0.1, -0.05) is 30.3 Å². The van der Waals surface area contributed by atoms with E-state index in [-0.39, 0.29) is 11.3 Å². The van der Waals surface area contributed by atoms with Crippen LogP contribution < -0.4 is 5.56 Å². The first kappa shape index (κ1) is 11.7. The van der Waals surface area contributed by atoms with Gasteiger partial charge in [-0.05, 0) is 17.6 Å². The molecule has 1 aromatic carbocycles. The van der Waals surface area contributed by atoms with Crippen LogP contribution in [0.1, 0.15) is 15.2 Å². The maximum absolute atomic E-state index is 12.2. The Morgan fingerprint density at radius 1 is 1.11 bits per heavy atom. The molecule has 0 bridgehead atoms. The summed E-state index contributed by atoms with van der Waals surface area (Å²) in [4.78, 5) is 24.4. The van der Waals surface area contributed by atoms with Gasteiger partial charge in [0.05, 0.1) is 11.1 Å². The van der Waals surface area contributed by atoms with E-state index in [0.29, 0.717) is 16.3 Å². The van der Waals surface area contributed by atoms with Gasteiger partial charge in [0, 0.05) is 17.7 Å². The highest BCUT2D eigenvalue weighted by molar-refractivity contribution is 7.09. The molecule has 2 aromatic heterocycles. The van der Waals surface area contributed by atoms with Crippen molar-refractivity contribution in [3.63, 3.8) is 0 Å². The van der Waals surface area contributed by atoms with E-state index in [4.69, 9.17) is 4.42 Å². The average Bonchev–Trinajstić information content (AvgIpc) is 3.08. The lowest BCUT2D eigenvalue weighted by Crippen LogP contribution is -2.08. The smallest absolute Gasteiger partial charge is 0.268 e. The second kappa shape index (κ2) is 4.70. The molecule has 0 fully saturated rings. The molecule has 3 rings (SSSR count). The summed E-state index contributed by atoms with van der Waals surface area (Å²) >= 11 is 1.08. The molecule has 3 aromatic rings. The van der Waals surface area contributed by atoms with E-state index >= 15 is 0 Å². The first-order valence-electron chi connectivity index (χ1n) is 5.63. The Bertz CT molecular complexity index is 754. The highest BCUT2D eigenvalue weighted by Crippen LogP contribution is 2.16. The fourth-order valence-electron chi connectivity index (χ4n) is 1.72. The van der Waals surface area contributed by atoms with Gasteiger partial charge in [-0.3, -0.25) is 9.59 Å². The van der Waals surface area contributed by atoms with Crippen molar-refractivity contribution in [1.82, 2.24) is 3.96 Å². The molecule has 0 saturated carbocycles. The first-order valence-corrected chi connectivity index (χ1v) is 6.40. The number of rotatable bonds is 3. The van der Waals surface area contributed by atoms with Gasteiger partial charge >= 0.3 is 0 Å². The van der Waals surface area contributed by atoms with Crippen molar-refractivity contribution in [3.05, 3.63) is 75.6 Å². The molecule has 2 heterocycles. The molecule has 4 nitrogen and oxygen atoms in total. The van der Waals surface area contributed by atoms with Gasteiger partial charge in [0.15, 0.2) is 0 Å². The normalized spacial score (nSPS) is 10.5. The summed E-state index contributed by atoms with van der Waals surface area (Å²) in [7, 11) is 0. The topological polar surface area (TPSA) is 52.2 Å². The molecular weight excluding hydrogens is 262 g/mol. The summed E-state index contributed by atoms with van der Waals surface area (Å²) in [5.41, 5.74) is 0.301. The van der Waals surface area contributed by atoms with Crippen LogP contribution in [0.5, 0.6) is 0 Å². The summed E-state index contributed by atoms with van der Waals surface area (Å²) in [5.74, 6) is 0.259. The largest absolute Gasteiger partial charge is 0.447 e. The lowest BCUT2D eigenvalue weighted by atomic mass is 10.1. The molecule has 0 aliphatic rings. The number of ketones is 1. The Morgan fingerprint density at radius 2 is 1.89 bits per heavy atom. The predicted molar refractivity (Wildman–Crippen MR) is 72.1 cm³/mol. The Morgan fingerprint density at radius 3 is 2.58 bits per heavy atom. The molecule has 0 saturated heterocycles. The third-order valence-electron chi connectivity index (χ3n) is 2.61. The van der Waals surface area contributed by atoms with Gasteiger partial charge < -0.3 is 4.42 Å². The van der Waals surface area contributed by atoms with Crippen molar-refractivity contribution >= 4 is 17.3 Å². The number of aromatic nitrogens is 1. The van der Waals surface area contributed by atoms with Crippen molar-refractivity contribution in [1.29, 1.82) is 0 Å². The average molecular weight is 271 g/mol. The number of hydrogen-bond donors (Lipinski definition) is 0. The highest BCUT2D eigenvalue weighted by atomic mass is 32.1. The van der Waals surface area contributed by atoms with E-state index in [1.807, 2.05) is 6.07 Å². The maximum Gasteiger partial charge on any atom is 0.268 e. The SMILES string of the molecule is O=C(c1ccccc1)c1cc(=O)n(-c2ccco2)s1. The number of carbonyl (C=O) groups excluding carboxylic acids is 1. The Kier molecular flexibility index (Phi) is 2.89. The first-order chi connectivity index (χ1) is 9.25. The molecule has 5 heteroatoms. The zero-order valence-electron chi connectivity index (χ0n) is 9.78. The van der Waals surface area contributed by atoms with Crippen LogP contribution in [0.15, 0.2) is 64.0 Å². The van der Waals surface area contributed by atoms with E-state index in [2.05, 4.69) is 0 Å². The van der Waals surface area contributed by atoms with E-state index in [1.165, 1.54) is 16.3 Å². The molecule has 0 aliphatic carbocycles. The molecule has 0 atom stereocenters. The summed E-state index contributed by atoms with van der Waals surface area (Å²) in [5, 5.41) is 0. The fraction of sp³-hybridized carbons (Fsp3) is 0. The zero-order chi connectivity index (χ0) is 13.2. The quantitative estimate of drug-likeness (QED) is 0.688. The van der Waals surface area contributed by atoms with E-state index in [1.54, 1.807) is 36.4 Å². The van der Waals surface area contributed by atoms with Crippen LogP contribution in [0.3, 0.4) is 0 Å². The van der Waals surface area contributed by atoms with Gasteiger partial charge in [0.2, 0.25) is 11.7 Å². The monoisotopic (exact) mass is 271 g/mol. The second-order valence-corrected chi connectivity index (χ2v) is 4.87. The number of carbonyl (C=O) groups is 1. The number of hydrogen-bond acceptors (Lipinski definition) is 4. The van der Waals surface area contributed by atoms with Crippen molar-refractivity contribution < 1.29 is 9.21 Å². The predicted octanol–water partition coefficient (Wildman–Crippen LogP) is 2.72. The highest BCUT2D eigenvalue weighted by Gasteiger charge is 2.15. The van der Waals surface area contributed by atoms with E-state index < -0.39 is 0 Å². The van der Waals surface area contributed by atoms with Crippen LogP contribution in [0.25, 0.3) is 5.88 Å². The van der Waals surface area contributed by atoms with E-state index in [0.717, 1.165) is 11.5 Å². The third kappa shape index (κ3) is 2.15. The van der Waals surface area contributed by atoms with Gasteiger partial charge in [-0.25, -0.2) is 0 Å². The minimum Gasteiger partial charge on any atom is -0.447 e. The molecule has 0 spiro atoms. The summed E-state index contributed by atoms with van der Waals surface area (Å²) < 4.78 is 6.52. The van der Waals surface area contributed by atoms with Crippen molar-refractivity contribution in [3.8, 4) is 5.88 Å². The molecule has 0 radical (unpaired) electrons. The summed E-state index contributed by atoms with van der Waals surface area (Å²) in [6.45, 7) is 0. The van der Waals surface area contributed by atoms with Crippen LogP contribution >= 0.6 is 11.5 Å². The van der Waals surface area contributed by atoms with Crippen LogP contribution in [-0.4, -0.2) is 9.74 Å². The minimum absolute atomic E-state index is 0.159. The van der Waals surface area contributed by atoms with Crippen molar-refractivity contribution in [2.45, 2.75) is 0 Å². The Hall–Kier alpha value is -2.40. The van der Waals surface area contributed by atoms with Crippen molar-refractivity contribution in [2.75, 3.05) is 0 Å². The van der Waals surface area contributed by atoms with Gasteiger partial charge in [0.1, 0.15) is 0 Å². The molecule has 19 heavy (non-hydrogen) atoms. The Balaban J connectivity index is 2.02. The molecule has 0 N–H and O–H groups in total. The fourth-order valence-corrected chi connectivity index (χ4v) is 2.61. The number of benzene rings is 1. The molecule has 0 unspecified atom stereocenters. The van der Waals surface area contributed by atoms with Crippen LogP contribution in [0.4, 0.5) is 0 Å². The lowest BCUT2D eigenvalue weighted by molar-refractivity contribution is 0.104. The molecular formula is C14H9NO3S. The van der Waals surface area contributed by atoms with Crippen LogP contribution in [0.2, 0.25) is 0 Å². The number of nitrogens with zero attached hydrogens (tertiary/aromatic N) is 1. The lowest BCUT2D eigenvalue weighted by Gasteiger charge is -1.96. The molecule has 94 valence electrons. The minimum atomic E-state index is -0.265. The second-order valence-electron chi connectivity index (χ2n) is 3.88. The van der Waals surface area contributed by atoms with Crippen molar-refractivity contribution in [2.24, 2.45) is 0 Å². The van der Waals surface area contributed by atoms with Gasteiger partial charge in [-0.15, -0.1) is 0 Å². The zero-order valence-corrected chi connectivity index (χ0v) is 10.6. The van der Waals surface area contributed by atoms with Crippen LogP contribution in [0, 0.1) is 0 Å². The maximum atomic E-state index is 12.2. The molecule has 0 aliphatic heterocycles. The Labute approximate surface area is 112 Å². The summed E-state index contributed by atoms with van der Waals surface area (Å²) in [6, 6.07) is 13.6. The van der Waals surface area contributed by atoms with Crippen LogP contribution in [-0.2, 0) is 0 Å². The van der Waals surface area contributed by atoms with E-state index in [9.17, 15) is 9.59 Å². The third-order valence-corrected chi connectivity index (χ3v) is 3.65. The number of furan rings is 1. The van der Waals surface area contributed by atoms with Gasteiger partial charge in [0.25, 0.3) is 5.56 Å².